The van der Waals surface area contributed by atoms with E-state index in [-0.39, 0.29) is 30.3 Å². The molecule has 0 saturated carbocycles. The molecule has 0 radical (unpaired) electrons. The molecule has 5 heteroatoms. The molecule has 136 valence electrons. The SMILES string of the molecule is O=C(Cc1ccccc1F)N[C@@H]1C[C@H]2CO[C@@H](c3ccccc3)CN2C1. The molecular formula is C21H23FN2O2. The van der Waals surface area contributed by atoms with Gasteiger partial charge in [0.2, 0.25) is 5.91 Å². The van der Waals surface area contributed by atoms with Crippen LogP contribution in [0.15, 0.2) is 54.6 Å². The van der Waals surface area contributed by atoms with Crippen LogP contribution >= 0.6 is 0 Å². The zero-order chi connectivity index (χ0) is 17.9. The van der Waals surface area contributed by atoms with E-state index in [0.717, 1.165) is 19.5 Å². The molecule has 1 N–H and O–H groups in total. The number of amides is 1. The number of hydrogen-bond donors (Lipinski definition) is 1. The minimum absolute atomic E-state index is 0.0803. The number of carbonyl (C=O) groups is 1. The van der Waals surface area contributed by atoms with Crippen molar-refractivity contribution in [3.05, 3.63) is 71.5 Å². The van der Waals surface area contributed by atoms with Crippen molar-refractivity contribution in [2.24, 2.45) is 0 Å². The van der Waals surface area contributed by atoms with Crippen molar-refractivity contribution in [2.45, 2.75) is 31.0 Å². The summed E-state index contributed by atoms with van der Waals surface area (Å²) >= 11 is 0. The monoisotopic (exact) mass is 354 g/mol. The lowest BCUT2D eigenvalue weighted by Crippen LogP contribution is -2.43. The topological polar surface area (TPSA) is 41.6 Å². The zero-order valence-corrected chi connectivity index (χ0v) is 14.6. The maximum Gasteiger partial charge on any atom is 0.224 e. The van der Waals surface area contributed by atoms with Gasteiger partial charge in [-0.1, -0.05) is 48.5 Å². The molecular weight excluding hydrogens is 331 g/mol. The summed E-state index contributed by atoms with van der Waals surface area (Å²) in [4.78, 5) is 14.7. The van der Waals surface area contributed by atoms with Gasteiger partial charge in [0, 0.05) is 25.2 Å². The van der Waals surface area contributed by atoms with E-state index in [1.165, 1.54) is 11.6 Å². The lowest BCUT2D eigenvalue weighted by atomic mass is 10.1. The Morgan fingerprint density at radius 1 is 1.12 bits per heavy atom. The maximum absolute atomic E-state index is 13.7. The highest BCUT2D eigenvalue weighted by Gasteiger charge is 2.38. The summed E-state index contributed by atoms with van der Waals surface area (Å²) in [6.45, 7) is 2.34. The van der Waals surface area contributed by atoms with Gasteiger partial charge in [-0.25, -0.2) is 4.39 Å². The van der Waals surface area contributed by atoms with Crippen LogP contribution in [0, 0.1) is 5.82 Å². The number of ether oxygens (including phenoxy) is 1. The molecule has 1 amide bonds. The molecule has 2 heterocycles. The van der Waals surface area contributed by atoms with Gasteiger partial charge in [0.05, 0.1) is 19.1 Å². The van der Waals surface area contributed by atoms with E-state index >= 15 is 0 Å². The fourth-order valence-corrected chi connectivity index (χ4v) is 3.94. The average Bonchev–Trinajstić information content (AvgIpc) is 3.05. The summed E-state index contributed by atoms with van der Waals surface area (Å²) in [5.41, 5.74) is 1.63. The molecule has 2 aliphatic heterocycles. The van der Waals surface area contributed by atoms with E-state index in [4.69, 9.17) is 4.74 Å². The molecule has 0 bridgehead atoms. The van der Waals surface area contributed by atoms with Gasteiger partial charge in [-0.15, -0.1) is 0 Å². The first kappa shape index (κ1) is 17.2. The van der Waals surface area contributed by atoms with Crippen LogP contribution in [0.3, 0.4) is 0 Å². The van der Waals surface area contributed by atoms with Gasteiger partial charge < -0.3 is 10.1 Å². The standard InChI is InChI=1S/C21H23FN2O2/c22-19-9-5-4-8-16(19)10-21(25)23-17-11-18-14-26-20(13-24(18)12-17)15-6-2-1-3-7-15/h1-9,17-18,20H,10-14H2,(H,23,25)/t17-,18+,20-/m1/s1. The van der Waals surface area contributed by atoms with Gasteiger partial charge in [-0.2, -0.15) is 0 Å². The third-order valence-electron chi connectivity index (χ3n) is 5.26. The third kappa shape index (κ3) is 3.79. The second kappa shape index (κ2) is 7.56. The Hall–Kier alpha value is -2.24. The number of nitrogens with one attached hydrogen (secondary N) is 1. The molecule has 0 spiro atoms. The fourth-order valence-electron chi connectivity index (χ4n) is 3.94. The molecule has 3 atom stereocenters. The van der Waals surface area contributed by atoms with Gasteiger partial charge in [-0.3, -0.25) is 9.69 Å². The van der Waals surface area contributed by atoms with Crippen molar-refractivity contribution in [3.63, 3.8) is 0 Å². The molecule has 2 aromatic carbocycles. The quantitative estimate of drug-likeness (QED) is 0.918. The van der Waals surface area contributed by atoms with Crippen molar-refractivity contribution in [1.82, 2.24) is 10.2 Å². The van der Waals surface area contributed by atoms with Gasteiger partial charge in [0.1, 0.15) is 5.82 Å². The van der Waals surface area contributed by atoms with Crippen LogP contribution < -0.4 is 5.32 Å². The Bertz CT molecular complexity index is 768. The minimum Gasteiger partial charge on any atom is -0.371 e. The van der Waals surface area contributed by atoms with Crippen LogP contribution in [0.25, 0.3) is 0 Å². The highest BCUT2D eigenvalue weighted by molar-refractivity contribution is 5.79. The molecule has 0 aliphatic carbocycles. The average molecular weight is 354 g/mol. The van der Waals surface area contributed by atoms with Gasteiger partial charge in [0.25, 0.3) is 0 Å². The largest absolute Gasteiger partial charge is 0.371 e. The first-order chi connectivity index (χ1) is 12.7. The Morgan fingerprint density at radius 2 is 1.88 bits per heavy atom. The predicted molar refractivity (Wildman–Crippen MR) is 97.1 cm³/mol. The molecule has 4 rings (SSSR count). The summed E-state index contributed by atoms with van der Waals surface area (Å²) in [5.74, 6) is -0.453. The van der Waals surface area contributed by atoms with E-state index in [2.05, 4.69) is 22.3 Å². The third-order valence-corrected chi connectivity index (χ3v) is 5.26. The second-order valence-corrected chi connectivity index (χ2v) is 7.11. The van der Waals surface area contributed by atoms with Crippen molar-refractivity contribution in [3.8, 4) is 0 Å². The van der Waals surface area contributed by atoms with Crippen LogP contribution in [0.5, 0.6) is 0 Å². The lowest BCUT2D eigenvalue weighted by molar-refractivity contribution is -0.121. The van der Waals surface area contributed by atoms with Gasteiger partial charge in [-0.05, 0) is 23.6 Å². The number of nitrogens with zero attached hydrogens (tertiary/aromatic N) is 1. The van der Waals surface area contributed by atoms with Crippen molar-refractivity contribution in [2.75, 3.05) is 19.7 Å². The smallest absolute Gasteiger partial charge is 0.224 e. The lowest BCUT2D eigenvalue weighted by Gasteiger charge is -2.35. The minimum atomic E-state index is -0.328. The van der Waals surface area contributed by atoms with E-state index in [0.29, 0.717) is 18.2 Å². The first-order valence-electron chi connectivity index (χ1n) is 9.12. The number of hydrogen-bond acceptors (Lipinski definition) is 3. The number of carbonyl (C=O) groups excluding carboxylic acids is 1. The summed E-state index contributed by atoms with van der Waals surface area (Å²) in [7, 11) is 0. The van der Waals surface area contributed by atoms with Gasteiger partial charge >= 0.3 is 0 Å². The Kier molecular flexibility index (Phi) is 5.00. The first-order valence-corrected chi connectivity index (χ1v) is 9.12. The Balaban J connectivity index is 1.32. The van der Waals surface area contributed by atoms with E-state index < -0.39 is 0 Å². The molecule has 2 aromatic rings. The fraction of sp³-hybridized carbons (Fsp3) is 0.381. The van der Waals surface area contributed by atoms with Crippen LogP contribution in [-0.4, -0.2) is 42.6 Å². The number of benzene rings is 2. The van der Waals surface area contributed by atoms with E-state index in [1.807, 2.05) is 18.2 Å². The molecule has 4 nitrogen and oxygen atoms in total. The number of morpholine rings is 1. The molecule has 2 fully saturated rings. The molecule has 2 aliphatic rings. The predicted octanol–water partition coefficient (Wildman–Crippen LogP) is 2.70. The molecule has 0 unspecified atom stereocenters. The molecule has 0 aromatic heterocycles. The number of rotatable bonds is 4. The molecule has 2 saturated heterocycles. The number of halogens is 1. The van der Waals surface area contributed by atoms with Crippen LogP contribution in [0.1, 0.15) is 23.7 Å². The normalized spacial score (nSPS) is 25.7. The van der Waals surface area contributed by atoms with Gasteiger partial charge in [0.15, 0.2) is 0 Å². The zero-order valence-electron chi connectivity index (χ0n) is 14.6. The van der Waals surface area contributed by atoms with Crippen molar-refractivity contribution in [1.29, 1.82) is 0 Å². The molecule has 26 heavy (non-hydrogen) atoms. The van der Waals surface area contributed by atoms with Crippen LogP contribution in [0.4, 0.5) is 4.39 Å². The summed E-state index contributed by atoms with van der Waals surface area (Å²) < 4.78 is 19.7. The second-order valence-electron chi connectivity index (χ2n) is 7.11. The van der Waals surface area contributed by atoms with E-state index in [1.54, 1.807) is 18.2 Å². The highest BCUT2D eigenvalue weighted by atomic mass is 19.1. The Morgan fingerprint density at radius 3 is 2.69 bits per heavy atom. The van der Waals surface area contributed by atoms with Crippen molar-refractivity contribution < 1.29 is 13.9 Å². The maximum atomic E-state index is 13.7. The summed E-state index contributed by atoms with van der Waals surface area (Å²) in [5, 5.41) is 3.06. The van der Waals surface area contributed by atoms with Crippen LogP contribution in [-0.2, 0) is 16.0 Å². The Labute approximate surface area is 153 Å². The highest BCUT2D eigenvalue weighted by Crippen LogP contribution is 2.30. The van der Waals surface area contributed by atoms with E-state index in [9.17, 15) is 9.18 Å². The summed E-state index contributed by atoms with van der Waals surface area (Å²) in [6.07, 6.45) is 1.04. The van der Waals surface area contributed by atoms with Crippen LogP contribution in [0.2, 0.25) is 0 Å². The number of fused-ring (bicyclic) bond motifs is 1. The van der Waals surface area contributed by atoms with Crippen molar-refractivity contribution >= 4 is 5.91 Å². The summed E-state index contributed by atoms with van der Waals surface area (Å²) in [6, 6.07) is 17.1.